The Morgan fingerprint density at radius 3 is 2.32 bits per heavy atom. The Morgan fingerprint density at radius 1 is 1.32 bits per heavy atom. The van der Waals surface area contributed by atoms with E-state index in [0.29, 0.717) is 0 Å². The number of carbonyl (C=O) groups excluding carboxylic acids is 1. The fourth-order valence-corrected chi connectivity index (χ4v) is 2.02. The average Bonchev–Trinajstić information content (AvgIpc) is 2.29. The molecule has 0 fully saturated rings. The zero-order chi connectivity index (χ0) is 14.6. The second kappa shape index (κ2) is 6.53. The highest BCUT2D eigenvalue weighted by Crippen LogP contribution is 2.17. The largest absolute Gasteiger partial charge is 0.352 e. The molecule has 2 atom stereocenters. The third kappa shape index (κ3) is 5.33. The lowest BCUT2D eigenvalue weighted by Crippen LogP contribution is -2.51. The van der Waals surface area contributed by atoms with E-state index >= 15 is 0 Å². The van der Waals surface area contributed by atoms with Gasteiger partial charge in [0, 0.05) is 10.5 Å². The summed E-state index contributed by atoms with van der Waals surface area (Å²) >= 11 is 3.41. The van der Waals surface area contributed by atoms with Crippen molar-refractivity contribution in [1.29, 1.82) is 0 Å². The van der Waals surface area contributed by atoms with Gasteiger partial charge in [-0.25, -0.2) is 0 Å². The predicted octanol–water partition coefficient (Wildman–Crippen LogP) is 2.87. The van der Waals surface area contributed by atoms with E-state index in [-0.39, 0.29) is 17.4 Å². The predicted molar refractivity (Wildman–Crippen MR) is 82.9 cm³/mol. The number of carbonyl (C=O) groups is 1. The van der Waals surface area contributed by atoms with Crippen molar-refractivity contribution in [3.05, 3.63) is 34.3 Å². The molecule has 1 amide bonds. The molecule has 0 radical (unpaired) electrons. The van der Waals surface area contributed by atoms with Gasteiger partial charge in [-0.3, -0.25) is 4.79 Å². The minimum atomic E-state index is -0.486. The van der Waals surface area contributed by atoms with E-state index in [1.54, 1.807) is 0 Å². The summed E-state index contributed by atoms with van der Waals surface area (Å²) in [7, 11) is 0. The minimum Gasteiger partial charge on any atom is -0.352 e. The first-order valence-corrected chi connectivity index (χ1v) is 7.30. The van der Waals surface area contributed by atoms with Gasteiger partial charge in [0.25, 0.3) is 0 Å². The molecule has 1 aromatic carbocycles. The first-order chi connectivity index (χ1) is 8.70. The minimum absolute atomic E-state index is 0.0714. The summed E-state index contributed by atoms with van der Waals surface area (Å²) in [6, 6.07) is 7.70. The van der Waals surface area contributed by atoms with Gasteiger partial charge in [-0.15, -0.1) is 0 Å². The highest BCUT2D eigenvalue weighted by Gasteiger charge is 2.28. The fraction of sp³-hybridized carbons (Fsp3) is 0.533. The number of benzene rings is 1. The summed E-state index contributed by atoms with van der Waals surface area (Å²) in [5, 5.41) is 2.97. The van der Waals surface area contributed by atoms with Crippen LogP contribution in [-0.4, -0.2) is 18.0 Å². The molecule has 0 aliphatic rings. The van der Waals surface area contributed by atoms with E-state index in [1.165, 1.54) is 5.56 Å². The van der Waals surface area contributed by atoms with Crippen LogP contribution in [0.15, 0.2) is 28.7 Å². The maximum absolute atomic E-state index is 12.0. The molecule has 0 bridgehead atoms. The molecule has 0 spiro atoms. The molecule has 1 rings (SSSR count). The maximum atomic E-state index is 12.0. The number of halogens is 1. The zero-order valence-corrected chi connectivity index (χ0v) is 13.6. The molecule has 0 saturated heterocycles. The smallest absolute Gasteiger partial charge is 0.237 e. The van der Waals surface area contributed by atoms with Gasteiger partial charge in [-0.05, 0) is 36.5 Å². The second-order valence-electron chi connectivity index (χ2n) is 6.08. The highest BCUT2D eigenvalue weighted by atomic mass is 79.9. The van der Waals surface area contributed by atoms with Gasteiger partial charge in [-0.1, -0.05) is 48.8 Å². The van der Waals surface area contributed by atoms with Crippen molar-refractivity contribution in [3.63, 3.8) is 0 Å². The summed E-state index contributed by atoms with van der Waals surface area (Å²) in [5.74, 6) is -0.0860. The standard InChI is InChI=1S/C15H23BrN2O/c1-10(9-11-5-7-12(16)8-6-11)18-14(19)13(17)15(2,3)4/h5-8,10,13H,9,17H2,1-4H3,(H,18,19)/t10?,13-/m1/s1. The Kier molecular flexibility index (Phi) is 5.56. The number of amides is 1. The van der Waals surface area contributed by atoms with Crippen LogP contribution in [-0.2, 0) is 11.2 Å². The fourth-order valence-electron chi connectivity index (χ4n) is 1.75. The lowest BCUT2D eigenvalue weighted by molar-refractivity contribution is -0.125. The molecule has 1 unspecified atom stereocenters. The first-order valence-electron chi connectivity index (χ1n) is 6.50. The molecule has 3 nitrogen and oxygen atoms in total. The summed E-state index contributed by atoms with van der Waals surface area (Å²) in [6.07, 6.45) is 0.801. The van der Waals surface area contributed by atoms with E-state index in [9.17, 15) is 4.79 Å². The molecule has 0 aromatic heterocycles. The van der Waals surface area contributed by atoms with Crippen molar-refractivity contribution in [1.82, 2.24) is 5.32 Å². The van der Waals surface area contributed by atoms with Gasteiger partial charge in [0.1, 0.15) is 0 Å². The van der Waals surface area contributed by atoms with Crippen molar-refractivity contribution in [3.8, 4) is 0 Å². The monoisotopic (exact) mass is 326 g/mol. The molecule has 3 N–H and O–H groups in total. The molecule has 0 aliphatic carbocycles. The van der Waals surface area contributed by atoms with E-state index < -0.39 is 6.04 Å². The van der Waals surface area contributed by atoms with Gasteiger partial charge >= 0.3 is 0 Å². The van der Waals surface area contributed by atoms with Crippen LogP contribution in [0.1, 0.15) is 33.3 Å². The summed E-state index contributed by atoms with van der Waals surface area (Å²) < 4.78 is 1.06. The van der Waals surface area contributed by atoms with Crippen molar-refractivity contribution < 1.29 is 4.79 Å². The third-order valence-corrected chi connectivity index (χ3v) is 3.59. The van der Waals surface area contributed by atoms with Crippen LogP contribution in [0, 0.1) is 5.41 Å². The van der Waals surface area contributed by atoms with Crippen molar-refractivity contribution in [2.75, 3.05) is 0 Å². The summed E-state index contributed by atoms with van der Waals surface area (Å²) in [4.78, 5) is 12.0. The molecule has 0 aliphatic heterocycles. The van der Waals surface area contributed by atoms with Gasteiger partial charge in [0.05, 0.1) is 6.04 Å². The Labute approximate surface area is 124 Å². The van der Waals surface area contributed by atoms with Crippen LogP contribution in [0.3, 0.4) is 0 Å². The number of hydrogen-bond donors (Lipinski definition) is 2. The molecular weight excluding hydrogens is 304 g/mol. The Bertz CT molecular complexity index is 423. The van der Waals surface area contributed by atoms with Gasteiger partial charge in [0.15, 0.2) is 0 Å². The van der Waals surface area contributed by atoms with Gasteiger partial charge < -0.3 is 11.1 Å². The molecule has 4 heteroatoms. The zero-order valence-electron chi connectivity index (χ0n) is 12.0. The molecule has 0 heterocycles. The lowest BCUT2D eigenvalue weighted by atomic mass is 9.87. The normalized spacial score (nSPS) is 14.8. The molecule has 19 heavy (non-hydrogen) atoms. The third-order valence-electron chi connectivity index (χ3n) is 3.06. The molecule has 106 valence electrons. The van der Waals surface area contributed by atoms with Crippen molar-refractivity contribution in [2.24, 2.45) is 11.1 Å². The second-order valence-corrected chi connectivity index (χ2v) is 7.00. The van der Waals surface area contributed by atoms with Crippen LogP contribution in [0.2, 0.25) is 0 Å². The van der Waals surface area contributed by atoms with Crippen molar-refractivity contribution >= 4 is 21.8 Å². The average molecular weight is 327 g/mol. The molecular formula is C15H23BrN2O. The number of nitrogens with two attached hydrogens (primary N) is 1. The Balaban J connectivity index is 2.53. The van der Waals surface area contributed by atoms with E-state index in [1.807, 2.05) is 39.8 Å². The van der Waals surface area contributed by atoms with Crippen LogP contribution in [0.5, 0.6) is 0 Å². The lowest BCUT2D eigenvalue weighted by Gasteiger charge is -2.27. The van der Waals surface area contributed by atoms with Crippen LogP contribution in [0.25, 0.3) is 0 Å². The molecule has 1 aromatic rings. The van der Waals surface area contributed by atoms with Crippen LogP contribution in [0.4, 0.5) is 0 Å². The van der Waals surface area contributed by atoms with Crippen LogP contribution < -0.4 is 11.1 Å². The highest BCUT2D eigenvalue weighted by molar-refractivity contribution is 9.10. The molecule has 0 saturated carbocycles. The van der Waals surface area contributed by atoms with Gasteiger partial charge in [-0.2, -0.15) is 0 Å². The van der Waals surface area contributed by atoms with Crippen molar-refractivity contribution in [2.45, 2.75) is 46.2 Å². The van der Waals surface area contributed by atoms with E-state index in [0.717, 1.165) is 10.9 Å². The van der Waals surface area contributed by atoms with E-state index in [2.05, 4.69) is 33.4 Å². The van der Waals surface area contributed by atoms with Gasteiger partial charge in [0.2, 0.25) is 5.91 Å². The number of nitrogens with one attached hydrogen (secondary N) is 1. The first kappa shape index (κ1) is 16.2. The quantitative estimate of drug-likeness (QED) is 0.893. The van der Waals surface area contributed by atoms with Crippen LogP contribution >= 0.6 is 15.9 Å². The summed E-state index contributed by atoms with van der Waals surface area (Å²) in [6.45, 7) is 7.90. The Hall–Kier alpha value is -0.870. The number of hydrogen-bond acceptors (Lipinski definition) is 2. The summed E-state index contributed by atoms with van der Waals surface area (Å²) in [5.41, 5.74) is 6.91. The SMILES string of the molecule is CC(Cc1ccc(Br)cc1)NC(=O)[C@@H](N)C(C)(C)C. The Morgan fingerprint density at radius 2 is 1.84 bits per heavy atom. The maximum Gasteiger partial charge on any atom is 0.237 e. The number of rotatable bonds is 4. The van der Waals surface area contributed by atoms with E-state index in [4.69, 9.17) is 5.73 Å². The topological polar surface area (TPSA) is 55.1 Å².